The Labute approximate surface area is 130 Å². The Bertz CT molecular complexity index is 406. The Kier molecular flexibility index (Phi) is 6.25. The van der Waals surface area contributed by atoms with Gasteiger partial charge in [-0.1, -0.05) is 51.5 Å². The fraction of sp³-hybridized carbons (Fsp3) is 0.684. The summed E-state index contributed by atoms with van der Waals surface area (Å²) in [7, 11) is 2.08. The lowest BCUT2D eigenvalue weighted by Gasteiger charge is -2.34. The SMILES string of the molecule is CCN(CC1CCC1)CC(NC)c1ccc(C(C)C)cc1. The molecule has 1 aliphatic carbocycles. The van der Waals surface area contributed by atoms with Crippen LogP contribution in [0.1, 0.15) is 63.1 Å². The summed E-state index contributed by atoms with van der Waals surface area (Å²) in [6, 6.07) is 9.60. The maximum absolute atomic E-state index is 3.50. The van der Waals surface area contributed by atoms with Crippen molar-refractivity contribution in [1.29, 1.82) is 0 Å². The number of nitrogens with one attached hydrogen (secondary N) is 1. The molecule has 0 aromatic heterocycles. The molecule has 2 nitrogen and oxygen atoms in total. The van der Waals surface area contributed by atoms with Crippen molar-refractivity contribution >= 4 is 0 Å². The van der Waals surface area contributed by atoms with E-state index < -0.39 is 0 Å². The molecule has 1 unspecified atom stereocenters. The minimum absolute atomic E-state index is 0.436. The lowest BCUT2D eigenvalue weighted by molar-refractivity contribution is 0.172. The molecule has 1 saturated carbocycles. The van der Waals surface area contributed by atoms with Gasteiger partial charge in [0, 0.05) is 19.1 Å². The number of benzene rings is 1. The summed E-state index contributed by atoms with van der Waals surface area (Å²) in [6.45, 7) is 10.3. The van der Waals surface area contributed by atoms with E-state index in [1.165, 1.54) is 36.9 Å². The normalized spacial score (nSPS) is 17.2. The Morgan fingerprint density at radius 3 is 2.19 bits per heavy atom. The molecule has 2 heteroatoms. The first-order chi connectivity index (χ1) is 10.1. The van der Waals surface area contributed by atoms with Crippen LogP contribution in [0.25, 0.3) is 0 Å². The molecule has 0 saturated heterocycles. The smallest absolute Gasteiger partial charge is 0.0446 e. The summed E-state index contributed by atoms with van der Waals surface area (Å²) >= 11 is 0. The van der Waals surface area contributed by atoms with Crippen molar-refractivity contribution in [2.75, 3.05) is 26.7 Å². The Morgan fingerprint density at radius 2 is 1.76 bits per heavy atom. The van der Waals surface area contributed by atoms with Gasteiger partial charge in [-0.2, -0.15) is 0 Å². The van der Waals surface area contributed by atoms with E-state index in [0.717, 1.165) is 19.0 Å². The number of nitrogens with zero attached hydrogens (tertiary/aromatic N) is 1. The number of hydrogen-bond acceptors (Lipinski definition) is 2. The maximum atomic E-state index is 3.50. The largest absolute Gasteiger partial charge is 0.312 e. The quantitative estimate of drug-likeness (QED) is 0.771. The van der Waals surface area contributed by atoms with Crippen molar-refractivity contribution in [3.63, 3.8) is 0 Å². The van der Waals surface area contributed by atoms with Crippen molar-refractivity contribution < 1.29 is 0 Å². The van der Waals surface area contributed by atoms with Crippen LogP contribution in [-0.4, -0.2) is 31.6 Å². The fourth-order valence-electron chi connectivity index (χ4n) is 3.11. The average molecular weight is 288 g/mol. The van der Waals surface area contributed by atoms with Gasteiger partial charge in [0.15, 0.2) is 0 Å². The molecular formula is C19H32N2. The van der Waals surface area contributed by atoms with Gasteiger partial charge in [-0.05, 0) is 49.4 Å². The lowest BCUT2D eigenvalue weighted by atomic mass is 9.85. The van der Waals surface area contributed by atoms with E-state index in [9.17, 15) is 0 Å². The molecular weight excluding hydrogens is 256 g/mol. The Hall–Kier alpha value is -0.860. The van der Waals surface area contributed by atoms with Crippen LogP contribution >= 0.6 is 0 Å². The lowest BCUT2D eigenvalue weighted by Crippen LogP contribution is -2.38. The molecule has 0 radical (unpaired) electrons. The van der Waals surface area contributed by atoms with E-state index in [0.29, 0.717) is 12.0 Å². The van der Waals surface area contributed by atoms with Crippen LogP contribution in [0, 0.1) is 5.92 Å². The first-order valence-electron chi connectivity index (χ1n) is 8.63. The molecule has 1 atom stereocenters. The van der Waals surface area contributed by atoms with Crippen molar-refractivity contribution in [1.82, 2.24) is 10.2 Å². The van der Waals surface area contributed by atoms with Gasteiger partial charge in [0.25, 0.3) is 0 Å². The maximum Gasteiger partial charge on any atom is 0.0446 e. The summed E-state index contributed by atoms with van der Waals surface area (Å²) in [5, 5.41) is 3.50. The van der Waals surface area contributed by atoms with Gasteiger partial charge in [0.1, 0.15) is 0 Å². The molecule has 1 N–H and O–H groups in total. The van der Waals surface area contributed by atoms with Crippen molar-refractivity contribution in [3.05, 3.63) is 35.4 Å². The van der Waals surface area contributed by atoms with Crippen LogP contribution in [0.5, 0.6) is 0 Å². The highest BCUT2D eigenvalue weighted by Gasteiger charge is 2.22. The molecule has 0 spiro atoms. The molecule has 0 heterocycles. The predicted octanol–water partition coefficient (Wildman–Crippen LogP) is 4.19. The highest BCUT2D eigenvalue weighted by atomic mass is 15.1. The summed E-state index contributed by atoms with van der Waals surface area (Å²) in [5.41, 5.74) is 2.84. The number of hydrogen-bond donors (Lipinski definition) is 1. The molecule has 118 valence electrons. The van der Waals surface area contributed by atoms with Crippen molar-refractivity contribution in [3.8, 4) is 0 Å². The zero-order valence-corrected chi connectivity index (χ0v) is 14.2. The molecule has 0 aliphatic heterocycles. The van der Waals surface area contributed by atoms with Gasteiger partial charge in [-0.15, -0.1) is 0 Å². The molecule has 0 bridgehead atoms. The van der Waals surface area contributed by atoms with Gasteiger partial charge in [0.05, 0.1) is 0 Å². The molecule has 1 aromatic rings. The second-order valence-electron chi connectivity index (χ2n) is 6.81. The average Bonchev–Trinajstić information content (AvgIpc) is 2.46. The van der Waals surface area contributed by atoms with Crippen LogP contribution < -0.4 is 5.32 Å². The van der Waals surface area contributed by atoms with E-state index in [1.54, 1.807) is 0 Å². The zero-order valence-electron chi connectivity index (χ0n) is 14.2. The fourth-order valence-corrected chi connectivity index (χ4v) is 3.11. The molecule has 1 fully saturated rings. The van der Waals surface area contributed by atoms with Crippen LogP contribution in [0.2, 0.25) is 0 Å². The van der Waals surface area contributed by atoms with E-state index >= 15 is 0 Å². The summed E-state index contributed by atoms with van der Waals surface area (Å²) in [6.07, 6.45) is 4.31. The van der Waals surface area contributed by atoms with Gasteiger partial charge < -0.3 is 10.2 Å². The summed E-state index contributed by atoms with van der Waals surface area (Å²) in [4.78, 5) is 2.61. The van der Waals surface area contributed by atoms with E-state index in [1.807, 2.05) is 0 Å². The molecule has 21 heavy (non-hydrogen) atoms. The first kappa shape index (κ1) is 16.5. The minimum Gasteiger partial charge on any atom is -0.312 e. The Morgan fingerprint density at radius 1 is 1.14 bits per heavy atom. The monoisotopic (exact) mass is 288 g/mol. The number of likely N-dealkylation sites (N-methyl/N-ethyl adjacent to an activating group) is 2. The van der Waals surface area contributed by atoms with Crippen LogP contribution in [0.4, 0.5) is 0 Å². The van der Waals surface area contributed by atoms with Crippen molar-refractivity contribution in [2.45, 2.75) is 52.0 Å². The molecule has 2 rings (SSSR count). The van der Waals surface area contributed by atoms with Gasteiger partial charge in [-0.25, -0.2) is 0 Å². The molecule has 0 amide bonds. The number of rotatable bonds is 8. The molecule has 1 aromatic carbocycles. The zero-order chi connectivity index (χ0) is 15.2. The third-order valence-corrected chi connectivity index (χ3v) is 4.98. The predicted molar refractivity (Wildman–Crippen MR) is 91.8 cm³/mol. The highest BCUT2D eigenvalue weighted by Crippen LogP contribution is 2.28. The topological polar surface area (TPSA) is 15.3 Å². The van der Waals surface area contributed by atoms with Crippen molar-refractivity contribution in [2.24, 2.45) is 5.92 Å². The highest BCUT2D eigenvalue weighted by molar-refractivity contribution is 5.27. The van der Waals surface area contributed by atoms with Crippen LogP contribution in [0.3, 0.4) is 0 Å². The third-order valence-electron chi connectivity index (χ3n) is 4.98. The van der Waals surface area contributed by atoms with E-state index in [4.69, 9.17) is 0 Å². The second kappa shape index (κ2) is 7.95. The second-order valence-corrected chi connectivity index (χ2v) is 6.81. The van der Waals surface area contributed by atoms with E-state index in [-0.39, 0.29) is 0 Å². The van der Waals surface area contributed by atoms with Crippen LogP contribution in [-0.2, 0) is 0 Å². The standard InChI is InChI=1S/C19H32N2/c1-5-21(13-16-7-6-8-16)14-19(20-4)18-11-9-17(10-12-18)15(2)3/h9-12,15-16,19-20H,5-8,13-14H2,1-4H3. The van der Waals surface area contributed by atoms with Gasteiger partial charge in [-0.3, -0.25) is 0 Å². The van der Waals surface area contributed by atoms with Gasteiger partial charge >= 0.3 is 0 Å². The minimum atomic E-state index is 0.436. The van der Waals surface area contributed by atoms with Crippen LogP contribution in [0.15, 0.2) is 24.3 Å². The van der Waals surface area contributed by atoms with Gasteiger partial charge in [0.2, 0.25) is 0 Å². The first-order valence-corrected chi connectivity index (χ1v) is 8.63. The van der Waals surface area contributed by atoms with E-state index in [2.05, 4.69) is 62.3 Å². The molecule has 1 aliphatic rings. The summed E-state index contributed by atoms with van der Waals surface area (Å²) in [5.74, 6) is 1.56. The third kappa shape index (κ3) is 4.55. The Balaban J connectivity index is 1.96. The summed E-state index contributed by atoms with van der Waals surface area (Å²) < 4.78 is 0.